The van der Waals surface area contributed by atoms with Gasteiger partial charge in [0.05, 0.1) is 11.4 Å². The van der Waals surface area contributed by atoms with Gasteiger partial charge in [-0.15, -0.1) is 0 Å². The number of nitrogens with two attached hydrogens (primary N) is 1. The van der Waals surface area contributed by atoms with Gasteiger partial charge in [-0.25, -0.2) is 13.1 Å². The van der Waals surface area contributed by atoms with Crippen LogP contribution in [-0.4, -0.2) is 34.1 Å². The van der Waals surface area contributed by atoms with E-state index in [-0.39, 0.29) is 4.90 Å². The van der Waals surface area contributed by atoms with Crippen molar-refractivity contribution in [3.63, 3.8) is 0 Å². The van der Waals surface area contributed by atoms with Gasteiger partial charge in [-0.1, -0.05) is 0 Å². The largest absolute Gasteiger partial charge is 0.486 e. The Morgan fingerprint density at radius 1 is 1.28 bits per heavy atom. The van der Waals surface area contributed by atoms with E-state index in [1.165, 1.54) is 18.2 Å². The fourth-order valence-electron chi connectivity index (χ4n) is 1.44. The predicted molar refractivity (Wildman–Crippen MR) is 61.8 cm³/mol. The zero-order valence-electron chi connectivity index (χ0n) is 9.38. The maximum atomic E-state index is 11.8. The van der Waals surface area contributed by atoms with E-state index in [4.69, 9.17) is 15.2 Å². The van der Waals surface area contributed by atoms with Gasteiger partial charge in [-0.05, 0) is 12.1 Å². The SMILES string of the molecule is NC(=O)CNS(=O)(=O)c1ccc2c(c1)OCCO2. The summed E-state index contributed by atoms with van der Waals surface area (Å²) in [5.41, 5.74) is 4.88. The first-order valence-corrected chi connectivity index (χ1v) is 6.65. The lowest BCUT2D eigenvalue weighted by atomic mass is 10.3. The molecule has 0 saturated carbocycles. The van der Waals surface area contributed by atoms with Crippen LogP contribution >= 0.6 is 0 Å². The van der Waals surface area contributed by atoms with Crippen LogP contribution in [0.2, 0.25) is 0 Å². The van der Waals surface area contributed by atoms with E-state index in [0.717, 1.165) is 0 Å². The zero-order chi connectivity index (χ0) is 13.2. The number of sulfonamides is 1. The summed E-state index contributed by atoms with van der Waals surface area (Å²) in [6.07, 6.45) is 0. The van der Waals surface area contributed by atoms with Crippen LogP contribution in [0.15, 0.2) is 23.1 Å². The Morgan fingerprint density at radius 3 is 2.61 bits per heavy atom. The Hall–Kier alpha value is -1.80. The highest BCUT2D eigenvalue weighted by molar-refractivity contribution is 7.89. The van der Waals surface area contributed by atoms with Crippen molar-refractivity contribution in [2.24, 2.45) is 5.73 Å². The molecule has 1 amide bonds. The molecule has 1 aromatic carbocycles. The van der Waals surface area contributed by atoms with Crippen LogP contribution in [0, 0.1) is 0 Å². The number of fused-ring (bicyclic) bond motifs is 1. The number of hydrogen-bond acceptors (Lipinski definition) is 5. The molecule has 1 heterocycles. The third-order valence-electron chi connectivity index (χ3n) is 2.26. The standard InChI is InChI=1S/C10H12N2O5S/c11-10(13)6-12-18(14,15)7-1-2-8-9(5-7)17-4-3-16-8/h1-2,5,12H,3-4,6H2,(H2,11,13). The molecule has 1 aromatic rings. The third kappa shape index (κ3) is 2.71. The Balaban J connectivity index is 2.25. The molecule has 2 rings (SSSR count). The highest BCUT2D eigenvalue weighted by Gasteiger charge is 2.19. The molecular formula is C10H12N2O5S. The molecule has 0 radical (unpaired) electrons. The lowest BCUT2D eigenvalue weighted by Gasteiger charge is -2.18. The van der Waals surface area contributed by atoms with Crippen LogP contribution in [0.1, 0.15) is 0 Å². The number of amides is 1. The smallest absolute Gasteiger partial charge is 0.241 e. The van der Waals surface area contributed by atoms with E-state index in [1.54, 1.807) is 0 Å². The number of ether oxygens (including phenoxy) is 2. The minimum atomic E-state index is -3.78. The van der Waals surface area contributed by atoms with Crippen LogP contribution in [0.4, 0.5) is 0 Å². The Labute approximate surface area is 104 Å². The van der Waals surface area contributed by atoms with Gasteiger partial charge in [0.2, 0.25) is 15.9 Å². The van der Waals surface area contributed by atoms with Crippen LogP contribution in [0.25, 0.3) is 0 Å². The van der Waals surface area contributed by atoms with Gasteiger partial charge in [0, 0.05) is 6.07 Å². The molecule has 3 N–H and O–H groups in total. The summed E-state index contributed by atoms with van der Waals surface area (Å²) < 4.78 is 36.2. The number of hydrogen-bond donors (Lipinski definition) is 2. The molecule has 0 bridgehead atoms. The molecular weight excluding hydrogens is 260 g/mol. The predicted octanol–water partition coefficient (Wildman–Crippen LogP) is -0.779. The number of rotatable bonds is 4. The number of benzene rings is 1. The van der Waals surface area contributed by atoms with Crippen molar-refractivity contribution in [3.8, 4) is 11.5 Å². The summed E-state index contributed by atoms with van der Waals surface area (Å²) in [4.78, 5) is 10.6. The molecule has 0 fully saturated rings. The van der Waals surface area contributed by atoms with Crippen LogP contribution in [-0.2, 0) is 14.8 Å². The molecule has 1 aliphatic rings. The van der Waals surface area contributed by atoms with Crippen molar-refractivity contribution in [2.45, 2.75) is 4.90 Å². The maximum Gasteiger partial charge on any atom is 0.241 e. The first-order chi connectivity index (χ1) is 8.49. The third-order valence-corrected chi connectivity index (χ3v) is 3.66. The van der Waals surface area contributed by atoms with Crippen molar-refractivity contribution in [1.29, 1.82) is 0 Å². The summed E-state index contributed by atoms with van der Waals surface area (Å²) in [5.74, 6) is 0.106. The molecule has 1 aliphatic heterocycles. The van der Waals surface area contributed by atoms with Crippen molar-refractivity contribution in [2.75, 3.05) is 19.8 Å². The molecule has 0 saturated heterocycles. The van der Waals surface area contributed by atoms with E-state index >= 15 is 0 Å². The van der Waals surface area contributed by atoms with E-state index in [2.05, 4.69) is 4.72 Å². The minimum Gasteiger partial charge on any atom is -0.486 e. The normalized spacial score (nSPS) is 14.2. The van der Waals surface area contributed by atoms with Crippen LogP contribution in [0.5, 0.6) is 11.5 Å². The molecule has 0 unspecified atom stereocenters. The molecule has 7 nitrogen and oxygen atoms in total. The van der Waals surface area contributed by atoms with Gasteiger partial charge in [0.25, 0.3) is 0 Å². The summed E-state index contributed by atoms with van der Waals surface area (Å²) in [7, 11) is -3.78. The summed E-state index contributed by atoms with van der Waals surface area (Å²) in [6.45, 7) is 0.348. The minimum absolute atomic E-state index is 0.00648. The quantitative estimate of drug-likeness (QED) is 0.747. The lowest BCUT2D eigenvalue weighted by molar-refractivity contribution is -0.116. The van der Waals surface area contributed by atoms with Gasteiger partial charge in [0.1, 0.15) is 13.2 Å². The van der Waals surface area contributed by atoms with E-state index in [1.807, 2.05) is 0 Å². The monoisotopic (exact) mass is 272 g/mol. The number of carbonyl (C=O) groups excluding carboxylic acids is 1. The highest BCUT2D eigenvalue weighted by Crippen LogP contribution is 2.31. The first-order valence-electron chi connectivity index (χ1n) is 5.17. The Bertz CT molecular complexity index is 570. The Morgan fingerprint density at radius 2 is 1.94 bits per heavy atom. The number of carbonyl (C=O) groups is 1. The van der Waals surface area contributed by atoms with Crippen LogP contribution in [0.3, 0.4) is 0 Å². The summed E-state index contributed by atoms with van der Waals surface area (Å²) >= 11 is 0. The van der Waals surface area contributed by atoms with E-state index in [0.29, 0.717) is 24.7 Å². The molecule has 98 valence electrons. The zero-order valence-corrected chi connectivity index (χ0v) is 10.2. The average molecular weight is 272 g/mol. The summed E-state index contributed by atoms with van der Waals surface area (Å²) in [6, 6.07) is 4.22. The van der Waals surface area contributed by atoms with E-state index < -0.39 is 22.5 Å². The topological polar surface area (TPSA) is 108 Å². The van der Waals surface area contributed by atoms with Gasteiger partial charge in [0.15, 0.2) is 11.5 Å². The van der Waals surface area contributed by atoms with Crippen molar-refractivity contribution < 1.29 is 22.7 Å². The Kier molecular flexibility index (Phi) is 3.39. The van der Waals surface area contributed by atoms with Crippen LogP contribution < -0.4 is 19.9 Å². The number of nitrogens with one attached hydrogen (secondary N) is 1. The molecule has 8 heteroatoms. The molecule has 0 aliphatic carbocycles. The molecule has 0 spiro atoms. The molecule has 0 atom stereocenters. The fraction of sp³-hybridized carbons (Fsp3) is 0.300. The second-order valence-electron chi connectivity index (χ2n) is 3.60. The molecule has 0 aromatic heterocycles. The van der Waals surface area contributed by atoms with Gasteiger partial charge < -0.3 is 15.2 Å². The number of primary amides is 1. The van der Waals surface area contributed by atoms with Crippen molar-refractivity contribution in [3.05, 3.63) is 18.2 Å². The summed E-state index contributed by atoms with van der Waals surface area (Å²) in [5, 5.41) is 0. The maximum absolute atomic E-state index is 11.8. The van der Waals surface area contributed by atoms with Gasteiger partial charge in [-0.3, -0.25) is 4.79 Å². The van der Waals surface area contributed by atoms with Crippen molar-refractivity contribution in [1.82, 2.24) is 4.72 Å². The first kappa shape index (κ1) is 12.7. The van der Waals surface area contributed by atoms with Gasteiger partial charge >= 0.3 is 0 Å². The fourth-order valence-corrected chi connectivity index (χ4v) is 2.45. The second-order valence-corrected chi connectivity index (χ2v) is 5.36. The average Bonchev–Trinajstić information content (AvgIpc) is 2.36. The second kappa shape index (κ2) is 4.83. The molecule has 18 heavy (non-hydrogen) atoms. The lowest BCUT2D eigenvalue weighted by Crippen LogP contribution is -2.33. The van der Waals surface area contributed by atoms with Crippen molar-refractivity contribution >= 4 is 15.9 Å². The van der Waals surface area contributed by atoms with E-state index in [9.17, 15) is 13.2 Å². The highest BCUT2D eigenvalue weighted by atomic mass is 32.2. The van der Waals surface area contributed by atoms with Gasteiger partial charge in [-0.2, -0.15) is 0 Å².